The second-order valence-corrected chi connectivity index (χ2v) is 7.61. The molecule has 1 unspecified atom stereocenters. The van der Waals surface area contributed by atoms with Crippen LogP contribution in [0.4, 0.5) is 10.1 Å². The Morgan fingerprint density at radius 1 is 1.25 bits per heavy atom. The zero-order chi connectivity index (χ0) is 23.0. The van der Waals surface area contributed by atoms with Gasteiger partial charge >= 0.3 is 0 Å². The summed E-state index contributed by atoms with van der Waals surface area (Å²) in [6.45, 7) is 3.45. The number of hydrogen-bond donors (Lipinski definition) is 2. The summed E-state index contributed by atoms with van der Waals surface area (Å²) in [5, 5.41) is 5.20. The van der Waals surface area contributed by atoms with Gasteiger partial charge in [0, 0.05) is 12.0 Å². The lowest BCUT2D eigenvalue weighted by molar-refractivity contribution is -0.135. The van der Waals surface area contributed by atoms with Crippen molar-refractivity contribution < 1.29 is 18.8 Å². The maximum atomic E-state index is 13.7. The predicted molar refractivity (Wildman–Crippen MR) is 116 cm³/mol. The summed E-state index contributed by atoms with van der Waals surface area (Å²) in [5.74, 6) is -1.68. The number of aromatic nitrogens is 2. The van der Waals surface area contributed by atoms with Gasteiger partial charge in [0.1, 0.15) is 23.2 Å². The SMILES string of the molecule is CCc1ccc(F)cc1C(=O)Nc1cccc2c(=O)n(C3CCC(=O)NC3=O)c(C)nc12. The Bertz CT molecular complexity index is 1330. The molecule has 0 spiro atoms. The van der Waals surface area contributed by atoms with Gasteiger partial charge in [-0.15, -0.1) is 0 Å². The Balaban J connectivity index is 1.76. The van der Waals surface area contributed by atoms with Gasteiger partial charge in [0.05, 0.1) is 11.1 Å². The average molecular weight is 436 g/mol. The standard InChI is InChI=1S/C23H21FN4O4/c1-3-13-7-8-14(24)11-16(13)21(30)26-17-6-4-5-15-20(17)25-12(2)28(23(15)32)18-9-10-19(29)27-22(18)31/h4-8,11,18H,3,9-10H2,1-2H3,(H,26,30)(H,27,29,31). The summed E-state index contributed by atoms with van der Waals surface area (Å²) in [6, 6.07) is 7.96. The third-order valence-electron chi connectivity index (χ3n) is 5.57. The molecule has 0 aliphatic carbocycles. The van der Waals surface area contributed by atoms with E-state index in [-0.39, 0.29) is 41.0 Å². The molecule has 2 heterocycles. The number of amides is 3. The summed E-state index contributed by atoms with van der Waals surface area (Å²) in [7, 11) is 0. The molecule has 1 atom stereocenters. The van der Waals surface area contributed by atoms with Gasteiger partial charge in [-0.1, -0.05) is 19.1 Å². The summed E-state index contributed by atoms with van der Waals surface area (Å²) in [6.07, 6.45) is 0.880. The topological polar surface area (TPSA) is 110 Å². The maximum Gasteiger partial charge on any atom is 0.262 e. The van der Waals surface area contributed by atoms with E-state index in [1.54, 1.807) is 31.2 Å². The van der Waals surface area contributed by atoms with Crippen LogP contribution in [0.5, 0.6) is 0 Å². The average Bonchev–Trinajstić information content (AvgIpc) is 2.75. The number of para-hydroxylation sites is 1. The number of carbonyl (C=O) groups is 3. The van der Waals surface area contributed by atoms with E-state index in [4.69, 9.17) is 0 Å². The minimum atomic E-state index is -0.838. The van der Waals surface area contributed by atoms with Crippen molar-refractivity contribution in [1.29, 1.82) is 0 Å². The highest BCUT2D eigenvalue weighted by atomic mass is 19.1. The van der Waals surface area contributed by atoms with Crippen LogP contribution in [0.1, 0.15) is 47.6 Å². The van der Waals surface area contributed by atoms with E-state index in [2.05, 4.69) is 15.6 Å². The van der Waals surface area contributed by atoms with Crippen LogP contribution in [0.15, 0.2) is 41.2 Å². The molecule has 1 aliphatic rings. The van der Waals surface area contributed by atoms with Gasteiger partial charge in [0.2, 0.25) is 11.8 Å². The molecule has 2 N–H and O–H groups in total. The Kier molecular flexibility index (Phi) is 5.56. The van der Waals surface area contributed by atoms with E-state index in [9.17, 15) is 23.6 Å². The van der Waals surface area contributed by atoms with Crippen LogP contribution >= 0.6 is 0 Å². The lowest BCUT2D eigenvalue weighted by Gasteiger charge is -2.24. The number of hydrogen-bond acceptors (Lipinski definition) is 5. The largest absolute Gasteiger partial charge is 0.320 e. The number of nitrogens with one attached hydrogen (secondary N) is 2. The molecular weight excluding hydrogens is 415 g/mol. The summed E-state index contributed by atoms with van der Waals surface area (Å²) in [5.41, 5.74) is 1.01. The Morgan fingerprint density at radius 2 is 2.03 bits per heavy atom. The van der Waals surface area contributed by atoms with Crippen molar-refractivity contribution in [3.8, 4) is 0 Å². The van der Waals surface area contributed by atoms with Crippen LogP contribution in [-0.4, -0.2) is 27.3 Å². The Hall–Kier alpha value is -3.88. The first-order chi connectivity index (χ1) is 15.3. The van der Waals surface area contributed by atoms with Crippen molar-refractivity contribution in [2.24, 2.45) is 0 Å². The Labute approximate surface area is 182 Å². The van der Waals surface area contributed by atoms with E-state index in [0.717, 1.165) is 0 Å². The lowest BCUT2D eigenvalue weighted by Crippen LogP contribution is -2.45. The number of nitrogens with zero attached hydrogens (tertiary/aromatic N) is 2. The van der Waals surface area contributed by atoms with E-state index < -0.39 is 29.2 Å². The minimum Gasteiger partial charge on any atom is -0.320 e. The van der Waals surface area contributed by atoms with Gasteiger partial charge in [-0.3, -0.25) is 29.1 Å². The predicted octanol–water partition coefficient (Wildman–Crippen LogP) is 2.64. The molecule has 1 aliphatic heterocycles. The first-order valence-electron chi connectivity index (χ1n) is 10.3. The molecule has 2 aromatic carbocycles. The number of rotatable bonds is 4. The molecule has 0 saturated carbocycles. The van der Waals surface area contributed by atoms with Crippen LogP contribution in [0.25, 0.3) is 10.9 Å². The second-order valence-electron chi connectivity index (χ2n) is 7.61. The molecule has 1 fully saturated rings. The molecular formula is C23H21FN4O4. The first kappa shape index (κ1) is 21.4. The number of fused-ring (bicyclic) bond motifs is 1. The van der Waals surface area contributed by atoms with Crippen molar-refractivity contribution in [2.75, 3.05) is 5.32 Å². The van der Waals surface area contributed by atoms with E-state index in [0.29, 0.717) is 17.7 Å². The molecule has 1 saturated heterocycles. The van der Waals surface area contributed by atoms with Crippen molar-refractivity contribution in [1.82, 2.24) is 14.9 Å². The van der Waals surface area contributed by atoms with Gasteiger partial charge < -0.3 is 5.32 Å². The molecule has 0 bridgehead atoms. The van der Waals surface area contributed by atoms with Gasteiger partial charge in [-0.2, -0.15) is 0 Å². The molecule has 4 rings (SSSR count). The number of imide groups is 1. The smallest absolute Gasteiger partial charge is 0.262 e. The minimum absolute atomic E-state index is 0.129. The van der Waals surface area contributed by atoms with E-state index in [1.165, 1.54) is 16.7 Å². The molecule has 8 nitrogen and oxygen atoms in total. The molecule has 9 heteroatoms. The second kappa shape index (κ2) is 8.33. The summed E-state index contributed by atoms with van der Waals surface area (Å²) >= 11 is 0. The van der Waals surface area contributed by atoms with Crippen LogP contribution in [0, 0.1) is 12.7 Å². The van der Waals surface area contributed by atoms with Crippen molar-refractivity contribution >= 4 is 34.3 Å². The molecule has 3 aromatic rings. The molecule has 3 amide bonds. The third-order valence-corrected chi connectivity index (χ3v) is 5.57. The van der Waals surface area contributed by atoms with Crippen LogP contribution in [0.3, 0.4) is 0 Å². The zero-order valence-electron chi connectivity index (χ0n) is 17.6. The molecule has 0 radical (unpaired) electrons. The van der Waals surface area contributed by atoms with E-state index in [1.807, 2.05) is 6.92 Å². The number of aryl methyl sites for hydroxylation is 2. The van der Waals surface area contributed by atoms with Crippen molar-refractivity contribution in [3.05, 3.63) is 69.5 Å². The van der Waals surface area contributed by atoms with Crippen LogP contribution in [0.2, 0.25) is 0 Å². The van der Waals surface area contributed by atoms with Gasteiger partial charge in [-0.25, -0.2) is 9.37 Å². The summed E-state index contributed by atoms with van der Waals surface area (Å²) < 4.78 is 15.0. The van der Waals surface area contributed by atoms with Crippen molar-refractivity contribution in [3.63, 3.8) is 0 Å². The van der Waals surface area contributed by atoms with Gasteiger partial charge in [0.15, 0.2) is 0 Å². The Morgan fingerprint density at radius 3 is 2.75 bits per heavy atom. The summed E-state index contributed by atoms with van der Waals surface area (Å²) in [4.78, 5) is 54.3. The van der Waals surface area contributed by atoms with Crippen molar-refractivity contribution in [2.45, 2.75) is 39.2 Å². The van der Waals surface area contributed by atoms with Gasteiger partial charge in [0.25, 0.3) is 11.5 Å². The first-order valence-corrected chi connectivity index (χ1v) is 10.3. The highest BCUT2D eigenvalue weighted by Gasteiger charge is 2.30. The zero-order valence-corrected chi connectivity index (χ0v) is 17.6. The number of anilines is 1. The molecule has 32 heavy (non-hydrogen) atoms. The number of benzene rings is 2. The van der Waals surface area contributed by atoms with Crippen LogP contribution in [-0.2, 0) is 16.0 Å². The highest BCUT2D eigenvalue weighted by molar-refractivity contribution is 6.09. The highest BCUT2D eigenvalue weighted by Crippen LogP contribution is 2.24. The number of carbonyl (C=O) groups excluding carboxylic acids is 3. The fourth-order valence-corrected chi connectivity index (χ4v) is 3.98. The molecule has 1 aromatic heterocycles. The normalized spacial score (nSPS) is 16.2. The maximum absolute atomic E-state index is 13.7. The molecule has 164 valence electrons. The van der Waals surface area contributed by atoms with Gasteiger partial charge in [-0.05, 0) is 49.6 Å². The fraction of sp³-hybridized carbons (Fsp3) is 0.261. The quantitative estimate of drug-likeness (QED) is 0.611. The fourth-order valence-electron chi connectivity index (χ4n) is 3.98. The lowest BCUT2D eigenvalue weighted by atomic mass is 10.0. The monoisotopic (exact) mass is 436 g/mol. The number of halogens is 1. The number of piperidine rings is 1. The van der Waals surface area contributed by atoms with E-state index >= 15 is 0 Å². The van der Waals surface area contributed by atoms with Crippen LogP contribution < -0.4 is 16.2 Å². The third kappa shape index (κ3) is 3.77.